The molecule has 9 nitrogen and oxygen atoms in total. The molecule has 0 bridgehead atoms. The van der Waals surface area contributed by atoms with E-state index in [-0.39, 0.29) is 40.9 Å². The number of thiazole rings is 1. The van der Waals surface area contributed by atoms with Crippen molar-refractivity contribution in [3.05, 3.63) is 75.5 Å². The van der Waals surface area contributed by atoms with Crippen molar-refractivity contribution in [3.63, 3.8) is 0 Å². The van der Waals surface area contributed by atoms with Crippen LogP contribution in [0.4, 0.5) is 22.0 Å². The molecule has 0 N–H and O–H groups in total. The molecule has 3 aromatic heterocycles. The van der Waals surface area contributed by atoms with E-state index < -0.39 is 51.8 Å². The number of carbonyl (C=O) groups excluding carboxylic acids is 1. The number of nitrogens with zero attached hydrogens (tertiary/aromatic N) is 7. The molecule has 4 aromatic rings. The lowest BCUT2D eigenvalue weighted by molar-refractivity contribution is -0.134. The van der Waals surface area contributed by atoms with Gasteiger partial charge in [-0.2, -0.15) is 18.3 Å². The quantitative estimate of drug-likeness (QED) is 0.200. The monoisotopic (exact) mass is 637 g/mol. The third kappa shape index (κ3) is 5.35. The van der Waals surface area contributed by atoms with Crippen molar-refractivity contribution < 1.29 is 31.0 Å². The summed E-state index contributed by atoms with van der Waals surface area (Å²) in [6.45, 7) is -1.04. The van der Waals surface area contributed by atoms with E-state index in [1.54, 1.807) is 36.1 Å². The third-order valence-electron chi connectivity index (χ3n) is 7.78. The smallest absolute Gasteiger partial charge is 0.290 e. The largest absolute Gasteiger partial charge is 0.427 e. The predicted octanol–water partition coefficient (Wildman–Crippen LogP) is 4.97. The second-order valence-electron chi connectivity index (χ2n) is 10.4. The van der Waals surface area contributed by atoms with Crippen molar-refractivity contribution >= 4 is 34.2 Å². The maximum atomic E-state index is 14.3. The summed E-state index contributed by atoms with van der Waals surface area (Å²) < 4.78 is 85.6. The molecule has 43 heavy (non-hydrogen) atoms. The first-order valence-corrected chi connectivity index (χ1v) is 15.1. The number of carbonyl (C=O) groups is 1. The molecule has 0 aliphatic heterocycles. The summed E-state index contributed by atoms with van der Waals surface area (Å²) >= 11 is 0.277. The first-order chi connectivity index (χ1) is 20.5. The summed E-state index contributed by atoms with van der Waals surface area (Å²) in [6.07, 6.45) is 1.58. The Morgan fingerprint density at radius 2 is 1.98 bits per heavy atom. The van der Waals surface area contributed by atoms with Gasteiger partial charge in [0.25, 0.3) is 5.16 Å². The fourth-order valence-electron chi connectivity index (χ4n) is 5.82. The van der Waals surface area contributed by atoms with Crippen LogP contribution in [0.15, 0.2) is 53.7 Å². The Balaban J connectivity index is 1.42. The van der Waals surface area contributed by atoms with Crippen molar-refractivity contribution in [2.75, 3.05) is 13.2 Å². The van der Waals surface area contributed by atoms with Crippen LogP contribution in [0.2, 0.25) is 0 Å². The second kappa shape index (κ2) is 11.1. The van der Waals surface area contributed by atoms with E-state index in [4.69, 9.17) is 0 Å². The number of ketones is 1. The minimum atomic E-state index is -4.66. The molecule has 2 aliphatic rings. The fraction of sp³-hybridized carbons (Fsp3) is 0.370. The molecule has 16 heteroatoms. The van der Waals surface area contributed by atoms with Gasteiger partial charge in [0.15, 0.2) is 16.0 Å². The van der Waals surface area contributed by atoms with Crippen molar-refractivity contribution in [1.29, 1.82) is 0 Å². The van der Waals surface area contributed by atoms with E-state index in [0.29, 0.717) is 41.6 Å². The molecule has 3 heterocycles. The minimum Gasteiger partial charge on any atom is -0.290 e. The van der Waals surface area contributed by atoms with Crippen LogP contribution in [0, 0.1) is 11.2 Å². The number of Topliss-reactive ketones (excluding diaryl/α,β-unsaturated/α-hetero) is 1. The van der Waals surface area contributed by atoms with E-state index in [1.807, 2.05) is 0 Å². The normalized spacial score (nSPS) is 20.9. The van der Waals surface area contributed by atoms with Crippen LogP contribution in [0.3, 0.4) is 0 Å². The lowest BCUT2D eigenvalue weighted by Crippen LogP contribution is -2.50. The van der Waals surface area contributed by atoms with Crippen LogP contribution in [0.1, 0.15) is 45.2 Å². The number of benzene rings is 1. The van der Waals surface area contributed by atoms with Crippen LogP contribution in [0.5, 0.6) is 0 Å². The zero-order valence-corrected chi connectivity index (χ0v) is 24.2. The number of aromatic nitrogens is 6. The summed E-state index contributed by atoms with van der Waals surface area (Å²) in [4.78, 5) is 21.2. The van der Waals surface area contributed by atoms with Gasteiger partial charge in [0.1, 0.15) is 23.7 Å². The molecule has 2 aliphatic carbocycles. The van der Waals surface area contributed by atoms with Gasteiger partial charge in [0.2, 0.25) is 5.78 Å². The minimum absolute atomic E-state index is 0.0149. The highest BCUT2D eigenvalue weighted by Crippen LogP contribution is 2.52. The van der Waals surface area contributed by atoms with E-state index in [0.717, 1.165) is 0 Å². The van der Waals surface area contributed by atoms with Gasteiger partial charge in [-0.15, -0.1) is 16.4 Å². The highest BCUT2D eigenvalue weighted by atomic mass is 32.2. The van der Waals surface area contributed by atoms with Gasteiger partial charge < -0.3 is 0 Å². The van der Waals surface area contributed by atoms with Crippen molar-refractivity contribution in [3.8, 4) is 5.69 Å². The molecular formula is C27H24F5N7O2S2. The lowest BCUT2D eigenvalue weighted by Gasteiger charge is -2.45. The summed E-state index contributed by atoms with van der Waals surface area (Å²) in [5.41, 5.74) is 1.23. The third-order valence-corrected chi connectivity index (χ3v) is 10.2. The molecule has 1 saturated carbocycles. The number of hydrogen-bond acceptors (Lipinski definition) is 7. The van der Waals surface area contributed by atoms with Crippen LogP contribution in [-0.4, -0.2) is 63.1 Å². The lowest BCUT2D eigenvalue weighted by atomic mass is 9.61. The molecule has 1 aromatic carbocycles. The highest BCUT2D eigenvalue weighted by Gasteiger charge is 2.52. The number of alkyl halides is 4. The average Bonchev–Trinajstić information content (AvgIpc) is 3.74. The molecule has 0 spiro atoms. The van der Waals surface area contributed by atoms with Crippen molar-refractivity contribution in [2.24, 2.45) is 12.5 Å². The number of rotatable bonds is 8. The van der Waals surface area contributed by atoms with E-state index in [9.17, 15) is 31.0 Å². The summed E-state index contributed by atoms with van der Waals surface area (Å²) in [6, 6.07) is 5.14. The summed E-state index contributed by atoms with van der Waals surface area (Å²) in [5.74, 6) is -1.00. The molecule has 3 unspecified atom stereocenters. The molecule has 0 saturated heterocycles. The topological polar surface area (TPSA) is 98.8 Å². The first-order valence-electron chi connectivity index (χ1n) is 13.2. The Kier molecular flexibility index (Phi) is 7.62. The Morgan fingerprint density at radius 3 is 2.63 bits per heavy atom. The number of aryl methyl sites for hydroxylation is 1. The van der Waals surface area contributed by atoms with Gasteiger partial charge in [-0.3, -0.25) is 9.48 Å². The van der Waals surface area contributed by atoms with Gasteiger partial charge in [-0.05, 0) is 61.6 Å². The number of hydrogen-bond donors (Lipinski definition) is 0. The molecule has 3 atom stereocenters. The van der Waals surface area contributed by atoms with Crippen LogP contribution >= 0.6 is 11.3 Å². The van der Waals surface area contributed by atoms with Gasteiger partial charge >= 0.3 is 6.18 Å². The Bertz CT molecular complexity index is 1730. The maximum absolute atomic E-state index is 14.3. The average molecular weight is 638 g/mol. The van der Waals surface area contributed by atoms with Crippen LogP contribution in [-0.2, 0) is 30.6 Å². The van der Waals surface area contributed by atoms with Gasteiger partial charge in [-0.1, -0.05) is 5.57 Å². The molecule has 6 rings (SSSR count). The van der Waals surface area contributed by atoms with Crippen LogP contribution in [0.25, 0.3) is 11.8 Å². The van der Waals surface area contributed by atoms with E-state index in [2.05, 4.69) is 20.2 Å². The van der Waals surface area contributed by atoms with Gasteiger partial charge in [0, 0.05) is 19.6 Å². The summed E-state index contributed by atoms with van der Waals surface area (Å²) in [7, 11) is -0.346. The summed E-state index contributed by atoms with van der Waals surface area (Å²) in [5, 5.41) is 8.25. The Morgan fingerprint density at radius 1 is 1.21 bits per heavy atom. The van der Waals surface area contributed by atoms with Gasteiger partial charge in [0.05, 0.1) is 29.2 Å². The number of halogens is 5. The highest BCUT2D eigenvalue weighted by molar-refractivity contribution is 7.82. The number of fused-ring (bicyclic) bond motifs is 2. The van der Waals surface area contributed by atoms with Crippen molar-refractivity contribution in [2.45, 2.75) is 43.1 Å². The standard InChI is InChI=1S/C27H24F5N7O2S2/c1-37-15-34-25(36-37)43(41)38(9-8-28)20-5-2-17-10-21-16(13-35-39(21)19-6-3-18(29)4-7-19)11-26(17,12-20)23(40)24-33-14-22(42-24)27(30,31)32/h3-4,6-7,10,13-15,20H,2,5,8-9,11-12H2,1H3. The Hall–Kier alpha value is -3.63. The number of allylic oxidation sites excluding steroid dienone is 1. The van der Waals surface area contributed by atoms with Gasteiger partial charge in [-0.25, -0.2) is 31.9 Å². The predicted molar refractivity (Wildman–Crippen MR) is 147 cm³/mol. The SMILES string of the molecule is Cn1cnc(S(=O)N(CCF)C2CCC3=Cc4c(cnn4-c4ccc(F)cc4)CC3(C(=O)c3ncc(C(F)(F)F)s3)C2)n1. The molecule has 1 fully saturated rings. The maximum Gasteiger partial charge on any atom is 0.427 e. The molecule has 0 amide bonds. The second-order valence-corrected chi connectivity index (χ2v) is 12.8. The van der Waals surface area contributed by atoms with Crippen LogP contribution < -0.4 is 0 Å². The first kappa shape index (κ1) is 29.4. The van der Waals surface area contributed by atoms with E-state index in [1.165, 1.54) is 27.4 Å². The van der Waals surface area contributed by atoms with Crippen molar-refractivity contribution in [1.82, 2.24) is 33.8 Å². The Labute approximate surface area is 248 Å². The molecule has 0 radical (unpaired) electrons. The molecule has 226 valence electrons. The molecular weight excluding hydrogens is 613 g/mol. The zero-order valence-electron chi connectivity index (χ0n) is 22.6. The fourth-order valence-corrected chi connectivity index (χ4v) is 7.88. The zero-order chi connectivity index (χ0) is 30.5. The van der Waals surface area contributed by atoms with E-state index >= 15 is 0 Å².